The largest absolute Gasteiger partial charge is 0.461 e. The zero-order chi connectivity index (χ0) is 9.19. The number of hydrogen-bond donors (Lipinski definition) is 1. The molecule has 1 atom stereocenters. The smallest absolute Gasteiger partial charge is 0.379 e. The van der Waals surface area contributed by atoms with Gasteiger partial charge in [-0.05, 0) is 6.92 Å². The summed E-state index contributed by atoms with van der Waals surface area (Å²) in [7, 11) is 0. The molecule has 1 fully saturated rings. The van der Waals surface area contributed by atoms with Crippen LogP contribution < -0.4 is 0 Å². The van der Waals surface area contributed by atoms with Gasteiger partial charge < -0.3 is 14.6 Å². The number of cyclic esters (lactones) is 1. The van der Waals surface area contributed by atoms with E-state index in [1.54, 1.807) is 6.92 Å². The van der Waals surface area contributed by atoms with Crippen LogP contribution in [0.15, 0.2) is 0 Å². The van der Waals surface area contributed by atoms with Crippen LogP contribution in [0.25, 0.3) is 0 Å². The molecule has 0 aromatic carbocycles. The fourth-order valence-corrected chi connectivity index (χ4v) is 0.949. The molecule has 0 spiro atoms. The highest BCUT2D eigenvalue weighted by Crippen LogP contribution is 2.24. The number of carbonyl (C=O) groups excluding carboxylic acids is 2. The summed E-state index contributed by atoms with van der Waals surface area (Å²) < 4.78 is 8.92. The minimum absolute atomic E-state index is 0.0231. The van der Waals surface area contributed by atoms with E-state index in [1.165, 1.54) is 0 Å². The van der Waals surface area contributed by atoms with E-state index in [1.807, 2.05) is 0 Å². The second kappa shape index (κ2) is 3.10. The molecule has 0 radical (unpaired) electrons. The Morgan fingerprint density at radius 1 is 1.83 bits per heavy atom. The van der Waals surface area contributed by atoms with Crippen molar-refractivity contribution in [1.82, 2.24) is 0 Å². The van der Waals surface area contributed by atoms with Crippen LogP contribution in [0.1, 0.15) is 19.8 Å². The van der Waals surface area contributed by atoms with Crippen LogP contribution in [0.3, 0.4) is 0 Å². The van der Waals surface area contributed by atoms with Crippen molar-refractivity contribution in [2.24, 2.45) is 0 Å². The third-order valence-corrected chi connectivity index (χ3v) is 1.55. The van der Waals surface area contributed by atoms with Crippen molar-refractivity contribution in [1.29, 1.82) is 0 Å². The Balaban J connectivity index is 2.60. The van der Waals surface area contributed by atoms with Gasteiger partial charge in [-0.2, -0.15) is 0 Å². The molecule has 12 heavy (non-hydrogen) atoms. The van der Waals surface area contributed by atoms with Crippen LogP contribution in [-0.4, -0.2) is 29.4 Å². The summed E-state index contributed by atoms with van der Waals surface area (Å²) in [4.78, 5) is 21.5. The van der Waals surface area contributed by atoms with Crippen molar-refractivity contribution in [3.8, 4) is 0 Å². The van der Waals surface area contributed by atoms with Crippen molar-refractivity contribution in [2.45, 2.75) is 25.6 Å². The second-order valence-electron chi connectivity index (χ2n) is 2.48. The zero-order valence-electron chi connectivity index (χ0n) is 6.70. The highest BCUT2D eigenvalue weighted by Gasteiger charge is 2.47. The lowest BCUT2D eigenvalue weighted by Crippen LogP contribution is -2.39. The quantitative estimate of drug-likeness (QED) is 0.575. The normalized spacial score (nSPS) is 28.3. The van der Waals surface area contributed by atoms with E-state index in [0.29, 0.717) is 0 Å². The zero-order valence-corrected chi connectivity index (χ0v) is 6.70. The van der Waals surface area contributed by atoms with Crippen LogP contribution in [0.5, 0.6) is 0 Å². The molecule has 0 aliphatic carbocycles. The number of esters is 2. The van der Waals surface area contributed by atoms with Gasteiger partial charge in [0, 0.05) is 6.42 Å². The molecule has 0 aromatic rings. The molecule has 5 heteroatoms. The fourth-order valence-electron chi connectivity index (χ4n) is 0.949. The lowest BCUT2D eigenvalue weighted by molar-refractivity contribution is -0.213. The lowest BCUT2D eigenvalue weighted by atomic mass is 10.2. The van der Waals surface area contributed by atoms with Gasteiger partial charge >= 0.3 is 17.7 Å². The number of hydrogen-bond acceptors (Lipinski definition) is 5. The minimum atomic E-state index is -2.03. The van der Waals surface area contributed by atoms with Crippen LogP contribution in [0.2, 0.25) is 0 Å². The number of carbonyl (C=O) groups is 2. The van der Waals surface area contributed by atoms with Gasteiger partial charge in [0.15, 0.2) is 0 Å². The number of ether oxygens (including phenoxy) is 2. The van der Waals surface area contributed by atoms with Crippen LogP contribution >= 0.6 is 0 Å². The van der Waals surface area contributed by atoms with Gasteiger partial charge in [0.1, 0.15) is 0 Å². The molecular weight excluding hydrogens is 164 g/mol. The summed E-state index contributed by atoms with van der Waals surface area (Å²) in [6.07, 6.45) is 0.0278. The Morgan fingerprint density at radius 2 is 2.50 bits per heavy atom. The molecule has 1 aliphatic heterocycles. The molecule has 0 unspecified atom stereocenters. The minimum Gasteiger partial charge on any atom is -0.461 e. The van der Waals surface area contributed by atoms with Crippen molar-refractivity contribution < 1.29 is 24.2 Å². The summed E-state index contributed by atoms with van der Waals surface area (Å²) in [5.74, 6) is -3.51. The maximum Gasteiger partial charge on any atom is 0.379 e. The molecule has 0 bridgehead atoms. The lowest BCUT2D eigenvalue weighted by Gasteiger charge is -2.17. The monoisotopic (exact) mass is 174 g/mol. The van der Waals surface area contributed by atoms with Gasteiger partial charge in [-0.25, -0.2) is 4.79 Å². The Morgan fingerprint density at radius 3 is 2.92 bits per heavy atom. The van der Waals surface area contributed by atoms with Gasteiger partial charge in [-0.3, -0.25) is 4.79 Å². The Kier molecular flexibility index (Phi) is 2.32. The summed E-state index contributed by atoms with van der Waals surface area (Å²) in [6.45, 7) is 1.76. The van der Waals surface area contributed by atoms with E-state index in [9.17, 15) is 14.7 Å². The average molecular weight is 174 g/mol. The van der Waals surface area contributed by atoms with E-state index in [0.717, 1.165) is 0 Å². The number of aliphatic hydroxyl groups is 1. The standard InChI is InChI=1S/C7H10O5/c1-2-11-6(9)7(10)4-3-5(8)12-7/h10H,2-4H2,1H3/t7-/m0/s1. The summed E-state index contributed by atoms with van der Waals surface area (Å²) >= 11 is 0. The van der Waals surface area contributed by atoms with E-state index in [-0.39, 0.29) is 19.4 Å². The van der Waals surface area contributed by atoms with Gasteiger partial charge in [-0.1, -0.05) is 0 Å². The first-order valence-corrected chi connectivity index (χ1v) is 3.70. The van der Waals surface area contributed by atoms with Crippen LogP contribution in [0, 0.1) is 0 Å². The highest BCUT2D eigenvalue weighted by atomic mass is 16.7. The topological polar surface area (TPSA) is 72.8 Å². The Hall–Kier alpha value is -1.10. The van der Waals surface area contributed by atoms with Crippen molar-refractivity contribution in [3.63, 3.8) is 0 Å². The van der Waals surface area contributed by atoms with Crippen LogP contribution in [0.4, 0.5) is 0 Å². The van der Waals surface area contributed by atoms with E-state index < -0.39 is 17.7 Å². The van der Waals surface area contributed by atoms with Crippen LogP contribution in [-0.2, 0) is 19.1 Å². The summed E-state index contributed by atoms with van der Waals surface area (Å²) in [5, 5.41) is 9.34. The first-order chi connectivity index (χ1) is 5.58. The molecule has 0 amide bonds. The molecule has 0 saturated carbocycles. The molecule has 5 nitrogen and oxygen atoms in total. The summed E-state index contributed by atoms with van der Waals surface area (Å²) in [6, 6.07) is 0. The SMILES string of the molecule is CCOC(=O)[C@]1(O)CCC(=O)O1. The molecule has 0 aromatic heterocycles. The number of rotatable bonds is 2. The fraction of sp³-hybridized carbons (Fsp3) is 0.714. The third kappa shape index (κ3) is 1.55. The van der Waals surface area contributed by atoms with Gasteiger partial charge in [0.25, 0.3) is 0 Å². The maximum absolute atomic E-state index is 11.0. The third-order valence-electron chi connectivity index (χ3n) is 1.55. The van der Waals surface area contributed by atoms with E-state index in [4.69, 9.17) is 0 Å². The molecule has 1 aliphatic rings. The molecule has 1 rings (SSSR count). The first-order valence-electron chi connectivity index (χ1n) is 3.70. The van der Waals surface area contributed by atoms with Crippen molar-refractivity contribution >= 4 is 11.9 Å². The van der Waals surface area contributed by atoms with Gasteiger partial charge in [0.2, 0.25) is 0 Å². The Bertz CT molecular complexity index is 212. The maximum atomic E-state index is 11.0. The first kappa shape index (κ1) is 8.99. The molecule has 1 heterocycles. The summed E-state index contributed by atoms with van der Waals surface area (Å²) in [5.41, 5.74) is 0. The van der Waals surface area contributed by atoms with E-state index >= 15 is 0 Å². The second-order valence-corrected chi connectivity index (χ2v) is 2.48. The highest BCUT2D eigenvalue weighted by molar-refractivity contribution is 5.85. The molecular formula is C7H10O5. The predicted octanol–water partition coefficient (Wildman–Crippen LogP) is -0.425. The molecule has 1 saturated heterocycles. The van der Waals surface area contributed by atoms with Gasteiger partial charge in [-0.15, -0.1) is 0 Å². The van der Waals surface area contributed by atoms with E-state index in [2.05, 4.69) is 9.47 Å². The molecule has 1 N–H and O–H groups in total. The Labute approximate surface area is 69.3 Å². The van der Waals surface area contributed by atoms with Crippen molar-refractivity contribution in [3.05, 3.63) is 0 Å². The van der Waals surface area contributed by atoms with Gasteiger partial charge in [0.05, 0.1) is 13.0 Å². The average Bonchev–Trinajstić information content (AvgIpc) is 2.33. The van der Waals surface area contributed by atoms with Crippen molar-refractivity contribution in [2.75, 3.05) is 6.61 Å². The predicted molar refractivity (Wildman–Crippen MR) is 36.9 cm³/mol. The molecule has 68 valence electrons.